The fourth-order valence-electron chi connectivity index (χ4n) is 6.17. The molecule has 5 aliphatic rings. The second-order valence-electron chi connectivity index (χ2n) is 8.51. The van der Waals surface area contributed by atoms with Crippen molar-refractivity contribution in [2.75, 3.05) is 20.2 Å². The largest absolute Gasteiger partial charge is 0.378 e. The normalized spacial score (nSPS) is 46.3. The Morgan fingerprint density at radius 3 is 2.67 bits per heavy atom. The van der Waals surface area contributed by atoms with Crippen LogP contribution in [-0.4, -0.2) is 54.4 Å². The molecular formula is C18H26FN3O2. The number of methoxy groups -OCH3 is 1. The maximum Gasteiger partial charge on any atom is 0.237 e. The van der Waals surface area contributed by atoms with Gasteiger partial charge in [-0.25, -0.2) is 4.39 Å². The summed E-state index contributed by atoms with van der Waals surface area (Å²) in [6, 6.07) is 1.44. The van der Waals surface area contributed by atoms with Gasteiger partial charge in [-0.3, -0.25) is 4.79 Å². The van der Waals surface area contributed by atoms with Gasteiger partial charge in [0.1, 0.15) is 12.2 Å². The smallest absolute Gasteiger partial charge is 0.237 e. The zero-order valence-corrected chi connectivity index (χ0v) is 14.3. The SMILES string of the molecule is COC12C[C@H]3C[C@@H](CC(NCC(=O)N4C[C@@H](F)C[C@H]4C#N)(C3)C1)C2. The Morgan fingerprint density at radius 1 is 1.33 bits per heavy atom. The van der Waals surface area contributed by atoms with Gasteiger partial charge >= 0.3 is 0 Å². The lowest BCUT2D eigenvalue weighted by atomic mass is 9.51. The van der Waals surface area contributed by atoms with Crippen molar-refractivity contribution >= 4 is 5.91 Å². The zero-order chi connectivity index (χ0) is 16.9. The van der Waals surface area contributed by atoms with Crippen LogP contribution >= 0.6 is 0 Å². The Bertz CT molecular complexity index is 561. The van der Waals surface area contributed by atoms with E-state index in [0.29, 0.717) is 11.8 Å². The molecule has 0 radical (unpaired) electrons. The van der Waals surface area contributed by atoms with E-state index in [2.05, 4.69) is 11.4 Å². The Kier molecular flexibility index (Phi) is 3.85. The summed E-state index contributed by atoms with van der Waals surface area (Å²) >= 11 is 0. The molecule has 5 rings (SSSR count). The van der Waals surface area contributed by atoms with Crippen molar-refractivity contribution in [3.63, 3.8) is 0 Å². The summed E-state index contributed by atoms with van der Waals surface area (Å²) in [5, 5.41) is 12.6. The monoisotopic (exact) mass is 335 g/mol. The molecule has 0 aromatic rings. The molecule has 0 aromatic carbocycles. The summed E-state index contributed by atoms with van der Waals surface area (Å²) in [7, 11) is 1.81. The van der Waals surface area contributed by atoms with Gasteiger partial charge in [0, 0.05) is 19.1 Å². The molecule has 5 nitrogen and oxygen atoms in total. The minimum Gasteiger partial charge on any atom is -0.378 e. The van der Waals surface area contributed by atoms with E-state index < -0.39 is 12.2 Å². The number of halogens is 1. The molecule has 4 saturated carbocycles. The molecule has 1 N–H and O–H groups in total. The molecule has 5 fully saturated rings. The van der Waals surface area contributed by atoms with Crippen LogP contribution in [0.15, 0.2) is 0 Å². The highest BCUT2D eigenvalue weighted by atomic mass is 19.1. The number of nitrogens with zero attached hydrogens (tertiary/aromatic N) is 2. The lowest BCUT2D eigenvalue weighted by Crippen LogP contribution is -2.66. The molecule has 4 aliphatic carbocycles. The van der Waals surface area contributed by atoms with E-state index in [1.165, 1.54) is 11.3 Å². The minimum absolute atomic E-state index is 0.0208. The number of hydrogen-bond donors (Lipinski definition) is 1. The fraction of sp³-hybridized carbons (Fsp3) is 0.889. The molecule has 1 saturated heterocycles. The number of carbonyl (C=O) groups excluding carboxylic acids is 1. The Hall–Kier alpha value is -1.19. The van der Waals surface area contributed by atoms with Crippen LogP contribution in [0.2, 0.25) is 0 Å². The number of amides is 1. The summed E-state index contributed by atoms with van der Waals surface area (Å²) in [6.45, 7) is 0.253. The van der Waals surface area contributed by atoms with Crippen LogP contribution in [0.5, 0.6) is 0 Å². The van der Waals surface area contributed by atoms with Gasteiger partial charge in [-0.15, -0.1) is 0 Å². The molecular weight excluding hydrogens is 309 g/mol. The summed E-state index contributed by atoms with van der Waals surface area (Å²) < 4.78 is 19.4. The van der Waals surface area contributed by atoms with E-state index in [4.69, 9.17) is 10.00 Å². The average Bonchev–Trinajstić information content (AvgIpc) is 2.92. The van der Waals surface area contributed by atoms with Gasteiger partial charge in [-0.2, -0.15) is 5.26 Å². The predicted octanol–water partition coefficient (Wildman–Crippen LogP) is 1.78. The maximum absolute atomic E-state index is 13.5. The average molecular weight is 335 g/mol. The van der Waals surface area contributed by atoms with Crippen molar-refractivity contribution in [1.82, 2.24) is 10.2 Å². The van der Waals surface area contributed by atoms with E-state index in [0.717, 1.165) is 32.1 Å². The van der Waals surface area contributed by atoms with Gasteiger partial charge < -0.3 is 15.0 Å². The van der Waals surface area contributed by atoms with E-state index in [-0.39, 0.29) is 36.6 Å². The number of carbonyl (C=O) groups is 1. The van der Waals surface area contributed by atoms with E-state index in [1.807, 2.05) is 7.11 Å². The van der Waals surface area contributed by atoms with Crippen LogP contribution in [0, 0.1) is 23.2 Å². The third kappa shape index (κ3) is 2.62. The lowest BCUT2D eigenvalue weighted by molar-refractivity contribution is -0.162. The molecule has 132 valence electrons. The van der Waals surface area contributed by atoms with Gasteiger partial charge in [0.05, 0.1) is 24.8 Å². The fourth-order valence-corrected chi connectivity index (χ4v) is 6.17. The van der Waals surface area contributed by atoms with Crippen LogP contribution in [0.3, 0.4) is 0 Å². The van der Waals surface area contributed by atoms with Gasteiger partial charge in [-0.1, -0.05) is 0 Å². The molecule has 24 heavy (non-hydrogen) atoms. The van der Waals surface area contributed by atoms with Crippen molar-refractivity contribution in [3.05, 3.63) is 0 Å². The molecule has 1 aliphatic heterocycles. The standard InChI is InChI=1S/C18H26FN3O2/c1-24-18-6-12-2-13(7-18)5-17(4-12,11-18)21-9-16(23)22-10-14(19)3-15(22)8-20/h12-15,21H,2-7,9-11H2,1H3/t12-,13-,14-,15-,17?,18?/m0/s1. The summed E-state index contributed by atoms with van der Waals surface area (Å²) in [4.78, 5) is 13.9. The second-order valence-corrected chi connectivity index (χ2v) is 8.51. The number of ether oxygens (including phenoxy) is 1. The highest BCUT2D eigenvalue weighted by molar-refractivity contribution is 5.79. The molecule has 0 spiro atoms. The highest BCUT2D eigenvalue weighted by Crippen LogP contribution is 2.58. The number of alkyl halides is 1. The van der Waals surface area contributed by atoms with Gasteiger partial charge in [0.15, 0.2) is 0 Å². The van der Waals surface area contributed by atoms with Crippen molar-refractivity contribution in [3.8, 4) is 6.07 Å². The molecule has 0 aromatic heterocycles. The first kappa shape index (κ1) is 16.3. The lowest BCUT2D eigenvalue weighted by Gasteiger charge is -2.61. The second kappa shape index (κ2) is 5.67. The third-order valence-corrected chi connectivity index (χ3v) is 6.77. The van der Waals surface area contributed by atoms with Crippen LogP contribution in [0.25, 0.3) is 0 Å². The van der Waals surface area contributed by atoms with Crippen molar-refractivity contribution < 1.29 is 13.9 Å². The first-order chi connectivity index (χ1) is 11.5. The van der Waals surface area contributed by atoms with E-state index in [9.17, 15) is 9.18 Å². The third-order valence-electron chi connectivity index (χ3n) is 6.77. The summed E-state index contributed by atoms with van der Waals surface area (Å²) in [6.07, 6.45) is 5.82. The van der Waals surface area contributed by atoms with Crippen LogP contribution in [-0.2, 0) is 9.53 Å². The van der Waals surface area contributed by atoms with Gasteiger partial charge in [0.2, 0.25) is 5.91 Å². The van der Waals surface area contributed by atoms with Crippen LogP contribution in [0.1, 0.15) is 44.9 Å². The molecule has 4 bridgehead atoms. The Labute approximate surface area is 142 Å². The van der Waals surface area contributed by atoms with E-state index in [1.54, 1.807) is 0 Å². The van der Waals surface area contributed by atoms with Gasteiger partial charge in [-0.05, 0) is 50.4 Å². The van der Waals surface area contributed by atoms with Gasteiger partial charge in [0.25, 0.3) is 0 Å². The quantitative estimate of drug-likeness (QED) is 0.850. The summed E-state index contributed by atoms with van der Waals surface area (Å²) in [5.74, 6) is 1.22. The molecule has 1 amide bonds. The highest BCUT2D eigenvalue weighted by Gasteiger charge is 2.58. The van der Waals surface area contributed by atoms with Crippen molar-refractivity contribution in [2.24, 2.45) is 11.8 Å². The number of hydrogen-bond acceptors (Lipinski definition) is 4. The van der Waals surface area contributed by atoms with Crippen molar-refractivity contribution in [1.29, 1.82) is 5.26 Å². The van der Waals surface area contributed by atoms with Crippen LogP contribution in [0.4, 0.5) is 4.39 Å². The Balaban J connectivity index is 1.42. The number of nitrogens with one attached hydrogen (secondary N) is 1. The topological polar surface area (TPSA) is 65.4 Å². The molecule has 4 atom stereocenters. The summed E-state index contributed by atoms with van der Waals surface area (Å²) in [5.41, 5.74) is -0.0419. The first-order valence-corrected chi connectivity index (χ1v) is 9.10. The number of likely N-dealkylation sites (tertiary alicyclic amines) is 1. The minimum atomic E-state index is -1.07. The molecule has 0 unspecified atom stereocenters. The molecule has 1 heterocycles. The maximum atomic E-state index is 13.5. The number of nitriles is 1. The van der Waals surface area contributed by atoms with Crippen LogP contribution < -0.4 is 5.32 Å². The Morgan fingerprint density at radius 2 is 2.04 bits per heavy atom. The first-order valence-electron chi connectivity index (χ1n) is 9.10. The molecule has 6 heteroatoms. The predicted molar refractivity (Wildman–Crippen MR) is 85.8 cm³/mol. The van der Waals surface area contributed by atoms with E-state index >= 15 is 0 Å². The van der Waals surface area contributed by atoms with Crippen molar-refractivity contribution in [2.45, 2.75) is 68.3 Å². The zero-order valence-electron chi connectivity index (χ0n) is 14.3. The number of rotatable bonds is 4.